The maximum Gasteiger partial charge on any atom is 0.274 e. The molecule has 4 rings (SSSR count). The van der Waals surface area contributed by atoms with Crippen LogP contribution in [-0.4, -0.2) is 45.8 Å². The molecule has 1 unspecified atom stereocenters. The van der Waals surface area contributed by atoms with E-state index in [2.05, 4.69) is 15.9 Å². The third-order valence-electron chi connectivity index (χ3n) is 6.02. The van der Waals surface area contributed by atoms with Crippen LogP contribution in [0.5, 0.6) is 5.75 Å². The second kappa shape index (κ2) is 8.49. The van der Waals surface area contributed by atoms with Crippen LogP contribution in [-0.2, 0) is 24.5 Å². The predicted molar refractivity (Wildman–Crippen MR) is 120 cm³/mol. The van der Waals surface area contributed by atoms with Crippen LogP contribution < -0.4 is 10.2 Å². The van der Waals surface area contributed by atoms with Gasteiger partial charge in [-0.15, -0.1) is 0 Å². The topological polar surface area (TPSA) is 71.8 Å². The summed E-state index contributed by atoms with van der Waals surface area (Å²) in [6, 6.07) is 9.45. The third-order valence-corrected chi connectivity index (χ3v) is 6.83. The minimum Gasteiger partial charge on any atom is -0.483 e. The molecule has 1 atom stereocenters. The summed E-state index contributed by atoms with van der Waals surface area (Å²) in [6.07, 6.45) is 0.579. The highest BCUT2D eigenvalue weighted by Crippen LogP contribution is 2.32. The Bertz CT molecular complexity index is 1080. The monoisotopic (exact) mass is 487 g/mol. The summed E-state index contributed by atoms with van der Waals surface area (Å²) in [7, 11) is 1.74. The van der Waals surface area contributed by atoms with Crippen LogP contribution in [0.25, 0.3) is 0 Å². The van der Waals surface area contributed by atoms with Gasteiger partial charge in [0.05, 0.1) is 22.6 Å². The molecule has 2 aliphatic rings. The van der Waals surface area contributed by atoms with Crippen molar-refractivity contribution in [3.63, 3.8) is 0 Å². The van der Waals surface area contributed by atoms with Crippen molar-refractivity contribution in [3.05, 3.63) is 62.0 Å². The number of ether oxygens (including phenoxy) is 1. The van der Waals surface area contributed by atoms with Gasteiger partial charge in [0.25, 0.3) is 5.91 Å². The molecule has 0 spiro atoms. The molecule has 31 heavy (non-hydrogen) atoms. The van der Waals surface area contributed by atoms with Gasteiger partial charge in [0.1, 0.15) is 6.61 Å². The number of benzene rings is 1. The van der Waals surface area contributed by atoms with Crippen LogP contribution in [0.1, 0.15) is 42.0 Å². The van der Waals surface area contributed by atoms with Gasteiger partial charge in [-0.2, -0.15) is 0 Å². The standard InChI is InChI=1S/C23H26BrN3O4/c1-14(2)26-10-9-16-11-27-17(12-25(3)22(16)29)18(24)20(28)21(19(27)23(26)30)31-13-15-7-5-4-6-8-15/h4-8,14,16H,9-13H2,1-3H3. The molecule has 1 aromatic carbocycles. The molecule has 0 radical (unpaired) electrons. The second-order valence-corrected chi connectivity index (χ2v) is 9.22. The zero-order chi connectivity index (χ0) is 22.3. The molecule has 0 aliphatic carbocycles. The SMILES string of the molecule is CC(C)N1CCC2Cn3c(c(Br)c(=O)c(OCc4ccccc4)c3C1=O)CN(C)C2=O. The minimum atomic E-state index is -0.367. The smallest absolute Gasteiger partial charge is 0.274 e. The number of rotatable bonds is 4. The number of carbonyl (C=O) groups is 2. The summed E-state index contributed by atoms with van der Waals surface area (Å²) in [5.74, 6) is -0.443. The molecule has 164 valence electrons. The van der Waals surface area contributed by atoms with Crippen LogP contribution in [0.15, 0.2) is 39.6 Å². The Balaban J connectivity index is 1.91. The first-order chi connectivity index (χ1) is 14.8. The van der Waals surface area contributed by atoms with E-state index in [1.54, 1.807) is 16.8 Å². The second-order valence-electron chi connectivity index (χ2n) is 8.42. The van der Waals surface area contributed by atoms with Gasteiger partial charge in [0.15, 0.2) is 11.4 Å². The van der Waals surface area contributed by atoms with Gasteiger partial charge in [-0.3, -0.25) is 14.4 Å². The Morgan fingerprint density at radius 3 is 2.55 bits per heavy atom. The van der Waals surface area contributed by atoms with Crippen LogP contribution in [0.2, 0.25) is 0 Å². The van der Waals surface area contributed by atoms with E-state index >= 15 is 0 Å². The summed E-state index contributed by atoms with van der Waals surface area (Å²) in [5, 5.41) is 0. The van der Waals surface area contributed by atoms with Crippen LogP contribution >= 0.6 is 15.9 Å². The number of halogens is 1. The number of amides is 2. The fraction of sp³-hybridized carbons (Fsp3) is 0.435. The van der Waals surface area contributed by atoms with Crippen LogP contribution in [0.3, 0.4) is 0 Å². The molecule has 0 saturated carbocycles. The average molecular weight is 488 g/mol. The number of hydrogen-bond acceptors (Lipinski definition) is 4. The lowest BCUT2D eigenvalue weighted by atomic mass is 10.0. The molecule has 2 amide bonds. The largest absolute Gasteiger partial charge is 0.483 e. The average Bonchev–Trinajstić information content (AvgIpc) is 2.87. The van der Waals surface area contributed by atoms with Crippen molar-refractivity contribution in [2.45, 2.75) is 46.0 Å². The maximum atomic E-state index is 13.7. The Labute approximate surface area is 189 Å². The first-order valence-corrected chi connectivity index (χ1v) is 11.3. The van der Waals surface area contributed by atoms with Crippen molar-refractivity contribution < 1.29 is 14.3 Å². The number of carbonyl (C=O) groups excluding carboxylic acids is 2. The van der Waals surface area contributed by atoms with Crippen molar-refractivity contribution in [1.29, 1.82) is 0 Å². The summed E-state index contributed by atoms with van der Waals surface area (Å²) < 4.78 is 8.16. The van der Waals surface area contributed by atoms with Crippen LogP contribution in [0.4, 0.5) is 0 Å². The van der Waals surface area contributed by atoms with E-state index < -0.39 is 0 Å². The summed E-state index contributed by atoms with van der Waals surface area (Å²) >= 11 is 3.44. The van der Waals surface area contributed by atoms with E-state index in [0.717, 1.165) is 5.56 Å². The molecule has 3 heterocycles. The molecular formula is C23H26BrN3O4. The van der Waals surface area contributed by atoms with E-state index in [4.69, 9.17) is 4.74 Å². The van der Waals surface area contributed by atoms with Crippen molar-refractivity contribution in [2.24, 2.45) is 5.92 Å². The molecule has 2 aliphatic heterocycles. The molecule has 7 nitrogen and oxygen atoms in total. The summed E-state index contributed by atoms with van der Waals surface area (Å²) in [5.41, 5.74) is 1.40. The van der Waals surface area contributed by atoms with Crippen molar-refractivity contribution >= 4 is 27.7 Å². The van der Waals surface area contributed by atoms with E-state index in [1.807, 2.05) is 48.7 Å². The third kappa shape index (κ3) is 3.89. The van der Waals surface area contributed by atoms with Gasteiger partial charge in [0, 0.05) is 26.2 Å². The van der Waals surface area contributed by atoms with Crippen molar-refractivity contribution in [1.82, 2.24) is 14.4 Å². The molecule has 8 heteroatoms. The van der Waals surface area contributed by atoms with Gasteiger partial charge in [-0.25, -0.2) is 0 Å². The fourth-order valence-corrected chi connectivity index (χ4v) is 4.82. The Kier molecular flexibility index (Phi) is 5.92. The number of nitrogens with zero attached hydrogens (tertiary/aromatic N) is 3. The predicted octanol–water partition coefficient (Wildman–Crippen LogP) is 3.03. The molecular weight excluding hydrogens is 462 g/mol. The number of fused-ring (bicyclic) bond motifs is 1. The molecule has 0 N–H and O–H groups in total. The van der Waals surface area contributed by atoms with Crippen LogP contribution in [0, 0.1) is 5.92 Å². The highest BCUT2D eigenvalue weighted by atomic mass is 79.9. The highest BCUT2D eigenvalue weighted by molar-refractivity contribution is 9.10. The summed E-state index contributed by atoms with van der Waals surface area (Å²) in [6.45, 7) is 5.12. The number of hydrogen-bond donors (Lipinski definition) is 0. The quantitative estimate of drug-likeness (QED) is 0.664. The molecule has 2 aromatic rings. The molecule has 2 bridgehead atoms. The maximum absolute atomic E-state index is 13.7. The van der Waals surface area contributed by atoms with Gasteiger partial charge in [0.2, 0.25) is 11.3 Å². The highest BCUT2D eigenvalue weighted by Gasteiger charge is 2.38. The van der Waals surface area contributed by atoms with Gasteiger partial charge in [-0.1, -0.05) is 30.3 Å². The normalized spacial score (nSPS) is 18.7. The Morgan fingerprint density at radius 1 is 1.16 bits per heavy atom. The Morgan fingerprint density at radius 2 is 1.87 bits per heavy atom. The number of aromatic nitrogens is 1. The first kappa shape index (κ1) is 21.6. The van der Waals surface area contributed by atoms with E-state index in [-0.39, 0.29) is 53.8 Å². The van der Waals surface area contributed by atoms with Gasteiger partial charge >= 0.3 is 0 Å². The lowest BCUT2D eigenvalue weighted by Crippen LogP contribution is -2.44. The molecule has 0 saturated heterocycles. The Hall–Kier alpha value is -2.61. The van der Waals surface area contributed by atoms with Gasteiger partial charge in [-0.05, 0) is 41.8 Å². The zero-order valence-corrected chi connectivity index (χ0v) is 19.5. The summed E-state index contributed by atoms with van der Waals surface area (Å²) in [4.78, 5) is 43.3. The fourth-order valence-electron chi connectivity index (χ4n) is 4.30. The molecule has 0 fully saturated rings. The lowest BCUT2D eigenvalue weighted by molar-refractivity contribution is -0.134. The minimum absolute atomic E-state index is 0.0267. The first-order valence-electron chi connectivity index (χ1n) is 10.5. The van der Waals surface area contributed by atoms with E-state index in [0.29, 0.717) is 29.7 Å². The van der Waals surface area contributed by atoms with Crippen molar-refractivity contribution in [3.8, 4) is 5.75 Å². The number of pyridine rings is 1. The zero-order valence-electron chi connectivity index (χ0n) is 17.9. The van der Waals surface area contributed by atoms with E-state index in [9.17, 15) is 14.4 Å². The van der Waals surface area contributed by atoms with E-state index in [1.165, 1.54) is 0 Å². The molecule has 1 aromatic heterocycles. The van der Waals surface area contributed by atoms with Gasteiger partial charge < -0.3 is 19.1 Å². The van der Waals surface area contributed by atoms with Crippen molar-refractivity contribution in [2.75, 3.05) is 13.6 Å². The lowest BCUT2D eigenvalue weighted by Gasteiger charge is -2.33.